The molecule has 0 aliphatic carbocycles. The summed E-state index contributed by atoms with van der Waals surface area (Å²) >= 11 is 0. The summed E-state index contributed by atoms with van der Waals surface area (Å²) in [5, 5.41) is 5.73. The zero-order valence-corrected chi connectivity index (χ0v) is 14.0. The Morgan fingerprint density at radius 3 is 2.36 bits per heavy atom. The van der Waals surface area contributed by atoms with Crippen LogP contribution in [0.25, 0.3) is 0 Å². The van der Waals surface area contributed by atoms with Gasteiger partial charge in [0.1, 0.15) is 0 Å². The molecule has 2 amide bonds. The normalized spacial score (nSPS) is 13.3. The van der Waals surface area contributed by atoms with Crippen LogP contribution in [0.3, 0.4) is 0 Å². The van der Waals surface area contributed by atoms with Gasteiger partial charge in [-0.2, -0.15) is 0 Å². The molecular weight excluding hydrogens is 278 g/mol. The van der Waals surface area contributed by atoms with Crippen molar-refractivity contribution in [3.8, 4) is 0 Å². The Balaban J connectivity index is 2.50. The Hall–Kier alpha value is -1.88. The van der Waals surface area contributed by atoms with E-state index in [0.29, 0.717) is 13.1 Å². The first kappa shape index (κ1) is 18.2. The number of benzene rings is 1. The topological polar surface area (TPSA) is 62.6 Å². The van der Waals surface area contributed by atoms with Crippen molar-refractivity contribution in [2.75, 3.05) is 25.5 Å². The van der Waals surface area contributed by atoms with Crippen LogP contribution >= 0.6 is 0 Å². The maximum atomic E-state index is 12.2. The molecule has 5 heteroatoms. The van der Waals surface area contributed by atoms with E-state index in [-0.39, 0.29) is 17.9 Å². The monoisotopic (exact) mass is 306 g/mol. The molecule has 1 unspecified atom stereocenters. The fraction of sp³-hybridized carbons (Fsp3) is 0.529. The summed E-state index contributed by atoms with van der Waals surface area (Å²) in [7, 11) is 1.86. The number of anilines is 1. The van der Waals surface area contributed by atoms with Crippen molar-refractivity contribution in [3.05, 3.63) is 29.8 Å². The second-order valence-corrected chi connectivity index (χ2v) is 5.63. The third kappa shape index (κ3) is 5.85. The van der Waals surface area contributed by atoms with Crippen molar-refractivity contribution < 1.29 is 14.5 Å². The molecule has 122 valence electrons. The first-order valence-corrected chi connectivity index (χ1v) is 7.96. The SMILES string of the molecule is CCCNC(=O)C[NH+](C)[C@H](C)C(=O)Nc1ccc(CC)cc1. The van der Waals surface area contributed by atoms with Crippen LogP contribution in [-0.4, -0.2) is 38.0 Å². The average Bonchev–Trinajstić information content (AvgIpc) is 2.52. The van der Waals surface area contributed by atoms with Gasteiger partial charge in [-0.05, 0) is 37.5 Å². The van der Waals surface area contributed by atoms with Crippen LogP contribution in [0.2, 0.25) is 0 Å². The van der Waals surface area contributed by atoms with Crippen molar-refractivity contribution in [2.45, 2.75) is 39.7 Å². The molecule has 2 atom stereocenters. The highest BCUT2D eigenvalue weighted by molar-refractivity contribution is 5.93. The highest BCUT2D eigenvalue weighted by Gasteiger charge is 2.23. The molecule has 1 rings (SSSR count). The van der Waals surface area contributed by atoms with Gasteiger partial charge < -0.3 is 15.5 Å². The van der Waals surface area contributed by atoms with Crippen molar-refractivity contribution in [1.29, 1.82) is 0 Å². The number of hydrogen-bond donors (Lipinski definition) is 3. The Kier molecular flexibility index (Phi) is 7.60. The van der Waals surface area contributed by atoms with Gasteiger partial charge in [-0.1, -0.05) is 26.0 Å². The Morgan fingerprint density at radius 1 is 1.18 bits per heavy atom. The van der Waals surface area contributed by atoms with E-state index in [4.69, 9.17) is 0 Å². The molecular formula is C17H28N3O2+. The smallest absolute Gasteiger partial charge is 0.282 e. The molecule has 0 heterocycles. The lowest BCUT2D eigenvalue weighted by atomic mass is 10.1. The first-order chi connectivity index (χ1) is 10.5. The van der Waals surface area contributed by atoms with Crippen LogP contribution < -0.4 is 15.5 Å². The summed E-state index contributed by atoms with van der Waals surface area (Å²) in [6, 6.07) is 7.54. The van der Waals surface area contributed by atoms with Crippen LogP contribution in [0.5, 0.6) is 0 Å². The third-order valence-corrected chi connectivity index (χ3v) is 3.77. The molecule has 0 aliphatic rings. The van der Waals surface area contributed by atoms with Crippen LogP contribution in [0, 0.1) is 0 Å². The predicted octanol–water partition coefficient (Wildman–Crippen LogP) is 0.617. The van der Waals surface area contributed by atoms with Crippen LogP contribution in [0.4, 0.5) is 5.69 Å². The fourth-order valence-corrected chi connectivity index (χ4v) is 2.03. The van der Waals surface area contributed by atoms with Gasteiger partial charge in [0.2, 0.25) is 0 Å². The number of hydrogen-bond acceptors (Lipinski definition) is 2. The number of amides is 2. The summed E-state index contributed by atoms with van der Waals surface area (Å²) in [4.78, 5) is 24.8. The lowest BCUT2D eigenvalue weighted by molar-refractivity contribution is -0.885. The summed E-state index contributed by atoms with van der Waals surface area (Å²) in [6.07, 6.45) is 1.89. The summed E-state index contributed by atoms with van der Waals surface area (Å²) < 4.78 is 0. The second-order valence-electron chi connectivity index (χ2n) is 5.63. The maximum absolute atomic E-state index is 12.2. The molecule has 5 nitrogen and oxygen atoms in total. The van der Waals surface area contributed by atoms with Gasteiger partial charge in [0.15, 0.2) is 12.6 Å². The van der Waals surface area contributed by atoms with E-state index in [1.165, 1.54) is 5.56 Å². The summed E-state index contributed by atoms with van der Waals surface area (Å²) in [6.45, 7) is 6.91. The lowest BCUT2D eigenvalue weighted by Crippen LogP contribution is -3.15. The van der Waals surface area contributed by atoms with Crippen LogP contribution in [0.15, 0.2) is 24.3 Å². The van der Waals surface area contributed by atoms with Crippen molar-refractivity contribution in [1.82, 2.24) is 5.32 Å². The quantitative estimate of drug-likeness (QED) is 0.659. The fourth-order valence-electron chi connectivity index (χ4n) is 2.03. The van der Waals surface area contributed by atoms with E-state index in [2.05, 4.69) is 17.6 Å². The molecule has 0 fully saturated rings. The molecule has 0 bridgehead atoms. The molecule has 1 aromatic carbocycles. The zero-order chi connectivity index (χ0) is 16.5. The van der Waals surface area contributed by atoms with Gasteiger partial charge in [-0.3, -0.25) is 9.59 Å². The molecule has 22 heavy (non-hydrogen) atoms. The van der Waals surface area contributed by atoms with Gasteiger partial charge in [0.05, 0.1) is 7.05 Å². The van der Waals surface area contributed by atoms with E-state index in [1.807, 2.05) is 45.2 Å². The maximum Gasteiger partial charge on any atom is 0.282 e. The molecule has 0 saturated carbocycles. The van der Waals surface area contributed by atoms with Crippen molar-refractivity contribution >= 4 is 17.5 Å². The number of quaternary nitrogens is 1. The number of rotatable bonds is 8. The number of carbonyl (C=O) groups is 2. The van der Waals surface area contributed by atoms with Crippen LogP contribution in [0.1, 0.15) is 32.8 Å². The van der Waals surface area contributed by atoms with Crippen LogP contribution in [-0.2, 0) is 16.0 Å². The average molecular weight is 306 g/mol. The van der Waals surface area contributed by atoms with Crippen molar-refractivity contribution in [2.24, 2.45) is 0 Å². The Labute approximate surface area is 133 Å². The van der Waals surface area contributed by atoms with Crippen molar-refractivity contribution in [3.63, 3.8) is 0 Å². The molecule has 0 aromatic heterocycles. The molecule has 0 spiro atoms. The number of nitrogens with one attached hydrogen (secondary N) is 3. The minimum absolute atomic E-state index is 0.0219. The van der Waals surface area contributed by atoms with Gasteiger partial charge in [0.25, 0.3) is 11.8 Å². The minimum atomic E-state index is -0.293. The van der Waals surface area contributed by atoms with E-state index < -0.39 is 0 Å². The molecule has 0 saturated heterocycles. The summed E-state index contributed by atoms with van der Waals surface area (Å²) in [5.74, 6) is -0.101. The molecule has 0 radical (unpaired) electrons. The largest absolute Gasteiger partial charge is 0.351 e. The predicted molar refractivity (Wildman–Crippen MR) is 89.0 cm³/mol. The zero-order valence-electron chi connectivity index (χ0n) is 14.0. The summed E-state index contributed by atoms with van der Waals surface area (Å²) in [5.41, 5.74) is 2.03. The Morgan fingerprint density at radius 2 is 1.82 bits per heavy atom. The van der Waals surface area contributed by atoms with Gasteiger partial charge in [-0.25, -0.2) is 0 Å². The highest BCUT2D eigenvalue weighted by atomic mass is 16.2. The molecule has 1 aromatic rings. The highest BCUT2D eigenvalue weighted by Crippen LogP contribution is 2.09. The second kappa shape index (κ2) is 9.20. The van der Waals surface area contributed by atoms with E-state index in [9.17, 15) is 9.59 Å². The first-order valence-electron chi connectivity index (χ1n) is 7.96. The lowest BCUT2D eigenvalue weighted by Gasteiger charge is -2.20. The minimum Gasteiger partial charge on any atom is -0.351 e. The standard InChI is InChI=1S/C17H27N3O2/c1-5-11-18-16(21)12-20(4)13(3)17(22)19-15-9-7-14(6-2)8-10-15/h7-10,13H,5-6,11-12H2,1-4H3,(H,18,21)(H,19,22)/p+1/t13-/m1/s1. The number of carbonyl (C=O) groups excluding carboxylic acids is 2. The van der Waals surface area contributed by atoms with E-state index in [0.717, 1.165) is 23.4 Å². The van der Waals surface area contributed by atoms with Gasteiger partial charge >= 0.3 is 0 Å². The number of aryl methyl sites for hydroxylation is 1. The van der Waals surface area contributed by atoms with Gasteiger partial charge in [0, 0.05) is 12.2 Å². The third-order valence-electron chi connectivity index (χ3n) is 3.77. The van der Waals surface area contributed by atoms with Gasteiger partial charge in [-0.15, -0.1) is 0 Å². The Bertz CT molecular complexity index is 485. The van der Waals surface area contributed by atoms with E-state index in [1.54, 1.807) is 0 Å². The number of likely N-dealkylation sites (N-methyl/N-ethyl adjacent to an activating group) is 1. The van der Waals surface area contributed by atoms with E-state index >= 15 is 0 Å². The molecule has 0 aliphatic heterocycles. The molecule has 3 N–H and O–H groups in total.